The zero-order chi connectivity index (χ0) is 15.6. The van der Waals surface area contributed by atoms with Gasteiger partial charge in [-0.2, -0.15) is 0 Å². The van der Waals surface area contributed by atoms with Crippen molar-refractivity contribution in [2.75, 3.05) is 11.4 Å². The van der Waals surface area contributed by atoms with E-state index in [9.17, 15) is 14.7 Å². The van der Waals surface area contributed by atoms with Gasteiger partial charge in [-0.1, -0.05) is 45.4 Å². The van der Waals surface area contributed by atoms with Gasteiger partial charge in [0.2, 0.25) is 5.91 Å². The standard InChI is InChI=1S/C17H23NO3/c1-4-12(11(2)3)9-16(19)18-10-14(17(20)21)13-7-5-6-8-15(13)18/h5-8,11-12,14H,4,9-10H2,1-3H3,(H,20,21). The third-order valence-corrected chi connectivity index (χ3v) is 4.47. The van der Waals surface area contributed by atoms with Crippen LogP contribution in [-0.2, 0) is 9.59 Å². The maximum Gasteiger partial charge on any atom is 0.312 e. The molecule has 4 heteroatoms. The fourth-order valence-corrected chi connectivity index (χ4v) is 3.04. The van der Waals surface area contributed by atoms with Crippen LogP contribution in [0.5, 0.6) is 0 Å². The number of fused-ring (bicyclic) bond motifs is 1. The molecule has 2 atom stereocenters. The lowest BCUT2D eigenvalue weighted by atomic mass is 9.89. The molecule has 1 N–H and O–H groups in total. The van der Waals surface area contributed by atoms with Crippen LogP contribution in [0.4, 0.5) is 5.69 Å². The van der Waals surface area contributed by atoms with E-state index in [1.54, 1.807) is 11.0 Å². The summed E-state index contributed by atoms with van der Waals surface area (Å²) in [6.45, 7) is 6.59. The Morgan fingerprint density at radius 3 is 2.57 bits per heavy atom. The molecule has 0 spiro atoms. The first-order chi connectivity index (χ1) is 9.95. The maximum absolute atomic E-state index is 12.6. The van der Waals surface area contributed by atoms with Crippen molar-refractivity contribution in [1.82, 2.24) is 0 Å². The molecule has 1 amide bonds. The first kappa shape index (κ1) is 15.5. The van der Waals surface area contributed by atoms with Crippen molar-refractivity contribution in [1.29, 1.82) is 0 Å². The van der Waals surface area contributed by atoms with E-state index in [2.05, 4.69) is 20.8 Å². The van der Waals surface area contributed by atoms with Crippen LogP contribution in [0.1, 0.15) is 45.1 Å². The molecule has 0 saturated carbocycles. The van der Waals surface area contributed by atoms with Gasteiger partial charge in [0.15, 0.2) is 0 Å². The molecule has 1 aliphatic rings. The zero-order valence-electron chi connectivity index (χ0n) is 12.9. The summed E-state index contributed by atoms with van der Waals surface area (Å²) in [7, 11) is 0. The highest BCUT2D eigenvalue weighted by Crippen LogP contribution is 2.37. The van der Waals surface area contributed by atoms with Crippen molar-refractivity contribution in [3.63, 3.8) is 0 Å². The van der Waals surface area contributed by atoms with Gasteiger partial charge in [-0.3, -0.25) is 9.59 Å². The molecule has 1 aromatic rings. The van der Waals surface area contributed by atoms with E-state index >= 15 is 0 Å². The number of hydrogen-bond acceptors (Lipinski definition) is 2. The van der Waals surface area contributed by atoms with Crippen LogP contribution < -0.4 is 4.90 Å². The van der Waals surface area contributed by atoms with E-state index in [0.29, 0.717) is 18.3 Å². The van der Waals surface area contributed by atoms with Crippen LogP contribution in [-0.4, -0.2) is 23.5 Å². The Kier molecular flexibility index (Phi) is 4.66. The number of rotatable bonds is 5. The number of carboxylic acids is 1. The summed E-state index contributed by atoms with van der Waals surface area (Å²) >= 11 is 0. The second-order valence-corrected chi connectivity index (χ2v) is 6.07. The number of aliphatic carboxylic acids is 1. The number of carbonyl (C=O) groups excluding carboxylic acids is 1. The molecular formula is C17H23NO3. The minimum absolute atomic E-state index is 0.0340. The summed E-state index contributed by atoms with van der Waals surface area (Å²) in [6.07, 6.45) is 1.44. The van der Waals surface area contributed by atoms with Crippen molar-refractivity contribution in [3.05, 3.63) is 29.8 Å². The highest BCUT2D eigenvalue weighted by molar-refractivity contribution is 5.99. The van der Waals surface area contributed by atoms with Crippen LogP contribution in [0.3, 0.4) is 0 Å². The predicted molar refractivity (Wildman–Crippen MR) is 82.4 cm³/mol. The van der Waals surface area contributed by atoms with Gasteiger partial charge in [0, 0.05) is 18.7 Å². The molecule has 2 rings (SSSR count). The smallest absolute Gasteiger partial charge is 0.312 e. The number of para-hydroxylation sites is 1. The minimum atomic E-state index is -0.867. The Hall–Kier alpha value is -1.84. The quantitative estimate of drug-likeness (QED) is 0.905. The van der Waals surface area contributed by atoms with Crippen molar-refractivity contribution < 1.29 is 14.7 Å². The molecule has 0 aliphatic carbocycles. The molecule has 0 radical (unpaired) electrons. The molecule has 0 fully saturated rings. The second-order valence-electron chi connectivity index (χ2n) is 6.07. The van der Waals surface area contributed by atoms with Gasteiger partial charge in [-0.15, -0.1) is 0 Å². The van der Waals surface area contributed by atoms with E-state index in [1.165, 1.54) is 0 Å². The first-order valence-electron chi connectivity index (χ1n) is 7.57. The number of carbonyl (C=O) groups is 2. The predicted octanol–water partition coefficient (Wildman–Crippen LogP) is 3.27. The average Bonchev–Trinajstić information content (AvgIpc) is 2.84. The van der Waals surface area contributed by atoms with Gasteiger partial charge in [-0.05, 0) is 23.5 Å². The molecule has 1 aromatic carbocycles. The SMILES string of the molecule is CCC(CC(=O)N1CC(C(=O)O)c2ccccc21)C(C)C. The topological polar surface area (TPSA) is 57.6 Å². The van der Waals surface area contributed by atoms with E-state index in [4.69, 9.17) is 0 Å². The van der Waals surface area contributed by atoms with E-state index in [1.807, 2.05) is 18.2 Å². The molecule has 1 aliphatic heterocycles. The normalized spacial score (nSPS) is 18.7. The number of benzene rings is 1. The number of hydrogen-bond donors (Lipinski definition) is 1. The molecule has 2 unspecified atom stereocenters. The lowest BCUT2D eigenvalue weighted by Crippen LogP contribution is -2.33. The number of carboxylic acid groups (broad SMARTS) is 1. The highest BCUT2D eigenvalue weighted by Gasteiger charge is 2.36. The van der Waals surface area contributed by atoms with Crippen molar-refractivity contribution in [3.8, 4) is 0 Å². The lowest BCUT2D eigenvalue weighted by Gasteiger charge is -2.23. The molecule has 4 nitrogen and oxygen atoms in total. The van der Waals surface area contributed by atoms with E-state index < -0.39 is 11.9 Å². The van der Waals surface area contributed by atoms with Crippen LogP contribution in [0.15, 0.2) is 24.3 Å². The molecule has 0 bridgehead atoms. The first-order valence-corrected chi connectivity index (χ1v) is 7.57. The summed E-state index contributed by atoms with van der Waals surface area (Å²) in [5.74, 6) is -0.648. The highest BCUT2D eigenvalue weighted by atomic mass is 16.4. The fraction of sp³-hybridized carbons (Fsp3) is 0.529. The number of amides is 1. The van der Waals surface area contributed by atoms with E-state index in [0.717, 1.165) is 17.7 Å². The van der Waals surface area contributed by atoms with Crippen LogP contribution in [0, 0.1) is 11.8 Å². The maximum atomic E-state index is 12.6. The Bertz CT molecular complexity index is 539. The van der Waals surface area contributed by atoms with Crippen LogP contribution >= 0.6 is 0 Å². The Balaban J connectivity index is 2.22. The molecular weight excluding hydrogens is 266 g/mol. The van der Waals surface area contributed by atoms with Gasteiger partial charge in [0.1, 0.15) is 5.92 Å². The van der Waals surface area contributed by atoms with Gasteiger partial charge in [-0.25, -0.2) is 0 Å². The zero-order valence-corrected chi connectivity index (χ0v) is 12.9. The fourth-order valence-electron chi connectivity index (χ4n) is 3.04. The Morgan fingerprint density at radius 1 is 1.33 bits per heavy atom. The summed E-state index contributed by atoms with van der Waals surface area (Å²) in [4.78, 5) is 25.6. The second kappa shape index (κ2) is 6.29. The monoisotopic (exact) mass is 289 g/mol. The van der Waals surface area contributed by atoms with Gasteiger partial charge in [0.05, 0.1) is 0 Å². The molecule has 0 aromatic heterocycles. The molecule has 114 valence electrons. The summed E-state index contributed by atoms with van der Waals surface area (Å²) < 4.78 is 0. The summed E-state index contributed by atoms with van der Waals surface area (Å²) in [5.41, 5.74) is 1.50. The number of nitrogens with zero attached hydrogens (tertiary/aromatic N) is 1. The van der Waals surface area contributed by atoms with Crippen molar-refractivity contribution in [2.45, 2.75) is 39.5 Å². The minimum Gasteiger partial charge on any atom is -0.481 e. The third kappa shape index (κ3) is 3.09. The largest absolute Gasteiger partial charge is 0.481 e. The Labute approximate surface area is 125 Å². The number of anilines is 1. The average molecular weight is 289 g/mol. The molecule has 0 saturated heterocycles. The van der Waals surface area contributed by atoms with Gasteiger partial charge in [0.25, 0.3) is 0 Å². The summed E-state index contributed by atoms with van der Waals surface area (Å²) in [6, 6.07) is 7.32. The van der Waals surface area contributed by atoms with E-state index in [-0.39, 0.29) is 12.5 Å². The lowest BCUT2D eigenvalue weighted by molar-refractivity contribution is -0.138. The van der Waals surface area contributed by atoms with Crippen LogP contribution in [0.2, 0.25) is 0 Å². The third-order valence-electron chi connectivity index (χ3n) is 4.47. The molecule has 21 heavy (non-hydrogen) atoms. The van der Waals surface area contributed by atoms with Gasteiger partial charge < -0.3 is 10.0 Å². The summed E-state index contributed by atoms with van der Waals surface area (Å²) in [5, 5.41) is 9.34. The van der Waals surface area contributed by atoms with Crippen LogP contribution in [0.25, 0.3) is 0 Å². The van der Waals surface area contributed by atoms with Crippen molar-refractivity contribution in [2.24, 2.45) is 11.8 Å². The Morgan fingerprint density at radius 2 is 2.00 bits per heavy atom. The van der Waals surface area contributed by atoms with Crippen molar-refractivity contribution >= 4 is 17.6 Å². The van der Waals surface area contributed by atoms with Gasteiger partial charge >= 0.3 is 5.97 Å². The molecule has 1 heterocycles.